The van der Waals surface area contributed by atoms with Crippen molar-refractivity contribution in [1.29, 1.82) is 0 Å². The number of hydrogen-bond donors (Lipinski definition) is 1. The smallest absolute Gasteiger partial charge is 0.145 e. The van der Waals surface area contributed by atoms with E-state index in [4.69, 9.17) is 10.3 Å². The Morgan fingerprint density at radius 3 is 3.00 bits per heavy atom. The maximum atomic E-state index is 13.0. The van der Waals surface area contributed by atoms with Crippen molar-refractivity contribution in [1.82, 2.24) is 5.16 Å². The van der Waals surface area contributed by atoms with Crippen molar-refractivity contribution in [2.45, 2.75) is 6.42 Å². The Labute approximate surface area is 86.7 Å². The summed E-state index contributed by atoms with van der Waals surface area (Å²) < 4.78 is 18.0. The molecule has 1 aromatic carbocycles. The summed E-state index contributed by atoms with van der Waals surface area (Å²) in [6.07, 6.45) is 2.19. The molecule has 1 aromatic heterocycles. The van der Waals surface area contributed by atoms with Crippen molar-refractivity contribution in [2.24, 2.45) is 5.73 Å². The summed E-state index contributed by atoms with van der Waals surface area (Å²) in [5.74, 6) is 0.426. The Morgan fingerprint density at radius 2 is 2.27 bits per heavy atom. The number of hydrogen-bond acceptors (Lipinski definition) is 3. The standard InChI is InChI=1S/C11H11FN2O/c12-9-3-1-2-8(6-9)10-7-14-15-11(10)4-5-13/h1-3,6-7H,4-5,13H2. The number of rotatable bonds is 3. The maximum Gasteiger partial charge on any atom is 0.145 e. The lowest BCUT2D eigenvalue weighted by molar-refractivity contribution is 0.385. The van der Waals surface area contributed by atoms with Gasteiger partial charge in [-0.05, 0) is 24.2 Å². The number of benzene rings is 1. The van der Waals surface area contributed by atoms with E-state index in [1.807, 2.05) is 6.07 Å². The van der Waals surface area contributed by atoms with Crippen LogP contribution in [0.15, 0.2) is 35.0 Å². The van der Waals surface area contributed by atoms with E-state index in [1.165, 1.54) is 12.1 Å². The summed E-state index contributed by atoms with van der Waals surface area (Å²) in [6, 6.07) is 6.33. The normalized spacial score (nSPS) is 10.5. The Kier molecular flexibility index (Phi) is 2.78. The average molecular weight is 206 g/mol. The fourth-order valence-electron chi connectivity index (χ4n) is 1.47. The van der Waals surface area contributed by atoms with Gasteiger partial charge in [0.05, 0.1) is 6.20 Å². The molecule has 0 unspecified atom stereocenters. The lowest BCUT2D eigenvalue weighted by Crippen LogP contribution is -2.02. The monoisotopic (exact) mass is 206 g/mol. The van der Waals surface area contributed by atoms with E-state index in [0.717, 1.165) is 11.1 Å². The van der Waals surface area contributed by atoms with E-state index in [2.05, 4.69) is 5.16 Å². The van der Waals surface area contributed by atoms with Gasteiger partial charge in [-0.1, -0.05) is 17.3 Å². The van der Waals surface area contributed by atoms with Gasteiger partial charge < -0.3 is 10.3 Å². The first kappa shape index (κ1) is 9.86. The van der Waals surface area contributed by atoms with Crippen LogP contribution in [0.1, 0.15) is 5.76 Å². The molecular weight excluding hydrogens is 195 g/mol. The minimum absolute atomic E-state index is 0.271. The first-order valence-electron chi connectivity index (χ1n) is 4.71. The summed E-state index contributed by atoms with van der Waals surface area (Å²) in [6.45, 7) is 0.484. The predicted octanol–water partition coefficient (Wildman–Crippen LogP) is 1.98. The van der Waals surface area contributed by atoms with Gasteiger partial charge in [0, 0.05) is 12.0 Å². The Hall–Kier alpha value is -1.68. The van der Waals surface area contributed by atoms with Gasteiger partial charge in [-0.2, -0.15) is 0 Å². The van der Waals surface area contributed by atoms with Gasteiger partial charge in [0.2, 0.25) is 0 Å². The van der Waals surface area contributed by atoms with Crippen molar-refractivity contribution in [3.05, 3.63) is 42.0 Å². The van der Waals surface area contributed by atoms with E-state index in [1.54, 1.807) is 12.3 Å². The lowest BCUT2D eigenvalue weighted by atomic mass is 10.1. The van der Waals surface area contributed by atoms with Gasteiger partial charge in [-0.25, -0.2) is 4.39 Å². The molecule has 3 nitrogen and oxygen atoms in total. The van der Waals surface area contributed by atoms with Crippen LogP contribution in [-0.2, 0) is 6.42 Å². The number of halogens is 1. The quantitative estimate of drug-likeness (QED) is 0.835. The molecule has 2 rings (SSSR count). The maximum absolute atomic E-state index is 13.0. The zero-order valence-corrected chi connectivity index (χ0v) is 8.11. The van der Waals surface area contributed by atoms with Crippen molar-refractivity contribution in [3.63, 3.8) is 0 Å². The van der Waals surface area contributed by atoms with Crippen molar-refractivity contribution in [3.8, 4) is 11.1 Å². The molecule has 15 heavy (non-hydrogen) atoms. The van der Waals surface area contributed by atoms with Gasteiger partial charge in [0.15, 0.2) is 0 Å². The predicted molar refractivity (Wildman–Crippen MR) is 54.7 cm³/mol. The average Bonchev–Trinajstić information content (AvgIpc) is 2.66. The topological polar surface area (TPSA) is 52.0 Å². The molecule has 4 heteroatoms. The second-order valence-corrected chi connectivity index (χ2v) is 3.21. The van der Waals surface area contributed by atoms with Gasteiger partial charge in [0.25, 0.3) is 0 Å². The molecule has 0 radical (unpaired) electrons. The van der Waals surface area contributed by atoms with Crippen LogP contribution in [0.25, 0.3) is 11.1 Å². The number of nitrogens with two attached hydrogens (primary N) is 1. The van der Waals surface area contributed by atoms with Crippen LogP contribution in [0, 0.1) is 5.82 Å². The molecule has 0 atom stereocenters. The molecular formula is C11H11FN2O. The molecule has 2 N–H and O–H groups in total. The van der Waals surface area contributed by atoms with Crippen molar-refractivity contribution >= 4 is 0 Å². The van der Waals surface area contributed by atoms with E-state index < -0.39 is 0 Å². The van der Waals surface area contributed by atoms with Crippen LogP contribution in [-0.4, -0.2) is 11.7 Å². The fraction of sp³-hybridized carbons (Fsp3) is 0.182. The van der Waals surface area contributed by atoms with Crippen molar-refractivity contribution < 1.29 is 8.91 Å². The molecule has 0 saturated heterocycles. The van der Waals surface area contributed by atoms with E-state index in [9.17, 15) is 4.39 Å². The molecule has 0 saturated carbocycles. The second-order valence-electron chi connectivity index (χ2n) is 3.21. The highest BCUT2D eigenvalue weighted by molar-refractivity contribution is 5.64. The van der Waals surface area contributed by atoms with Gasteiger partial charge in [-0.3, -0.25) is 0 Å². The Morgan fingerprint density at radius 1 is 1.40 bits per heavy atom. The van der Waals surface area contributed by atoms with Crippen LogP contribution in [0.4, 0.5) is 4.39 Å². The van der Waals surface area contributed by atoms with Crippen LogP contribution >= 0.6 is 0 Å². The first-order chi connectivity index (χ1) is 7.31. The second kappa shape index (κ2) is 4.23. The van der Waals surface area contributed by atoms with Gasteiger partial charge in [-0.15, -0.1) is 0 Å². The molecule has 0 aliphatic rings. The van der Waals surface area contributed by atoms with Gasteiger partial charge in [0.1, 0.15) is 11.6 Å². The fourth-order valence-corrected chi connectivity index (χ4v) is 1.47. The van der Waals surface area contributed by atoms with E-state index in [-0.39, 0.29) is 5.82 Å². The third kappa shape index (κ3) is 2.05. The van der Waals surface area contributed by atoms with Crippen LogP contribution in [0.3, 0.4) is 0 Å². The molecule has 0 fully saturated rings. The molecule has 0 aliphatic carbocycles. The molecule has 1 heterocycles. The summed E-state index contributed by atoms with van der Waals surface area (Å²) in [4.78, 5) is 0. The zero-order valence-electron chi connectivity index (χ0n) is 8.11. The highest BCUT2D eigenvalue weighted by Crippen LogP contribution is 2.24. The Bertz CT molecular complexity index is 453. The largest absolute Gasteiger partial charge is 0.361 e. The molecule has 0 spiro atoms. The summed E-state index contributed by atoms with van der Waals surface area (Å²) in [5.41, 5.74) is 7.00. The number of aromatic nitrogens is 1. The molecule has 2 aromatic rings. The minimum atomic E-state index is -0.271. The summed E-state index contributed by atoms with van der Waals surface area (Å²) in [5, 5.41) is 3.69. The molecule has 0 aliphatic heterocycles. The van der Waals surface area contributed by atoms with Crippen LogP contribution in [0.2, 0.25) is 0 Å². The molecule has 78 valence electrons. The lowest BCUT2D eigenvalue weighted by Gasteiger charge is -1.99. The van der Waals surface area contributed by atoms with Crippen molar-refractivity contribution in [2.75, 3.05) is 6.54 Å². The summed E-state index contributed by atoms with van der Waals surface area (Å²) >= 11 is 0. The summed E-state index contributed by atoms with van der Waals surface area (Å²) in [7, 11) is 0. The third-order valence-corrected chi connectivity index (χ3v) is 2.15. The SMILES string of the molecule is NCCc1oncc1-c1cccc(F)c1. The highest BCUT2D eigenvalue weighted by atomic mass is 19.1. The third-order valence-electron chi connectivity index (χ3n) is 2.15. The van der Waals surface area contributed by atoms with E-state index in [0.29, 0.717) is 18.7 Å². The van der Waals surface area contributed by atoms with Crippen LogP contribution < -0.4 is 5.73 Å². The molecule has 0 bridgehead atoms. The highest BCUT2D eigenvalue weighted by Gasteiger charge is 2.09. The number of nitrogens with zero attached hydrogens (tertiary/aromatic N) is 1. The first-order valence-corrected chi connectivity index (χ1v) is 4.71. The van der Waals surface area contributed by atoms with E-state index >= 15 is 0 Å². The zero-order chi connectivity index (χ0) is 10.7. The molecule has 0 amide bonds. The van der Waals surface area contributed by atoms with Crippen LogP contribution in [0.5, 0.6) is 0 Å². The Balaban J connectivity index is 2.40. The minimum Gasteiger partial charge on any atom is -0.361 e. The van der Waals surface area contributed by atoms with Gasteiger partial charge >= 0.3 is 0 Å².